The predicted molar refractivity (Wildman–Crippen MR) is 85.2 cm³/mol. The highest BCUT2D eigenvalue weighted by Gasteiger charge is 2.22. The fourth-order valence-electron chi connectivity index (χ4n) is 2.61. The Bertz CT molecular complexity index is 532. The van der Waals surface area contributed by atoms with Crippen molar-refractivity contribution in [3.8, 4) is 0 Å². The van der Waals surface area contributed by atoms with Crippen LogP contribution in [0.2, 0.25) is 0 Å². The van der Waals surface area contributed by atoms with Crippen LogP contribution in [0, 0.1) is 12.8 Å². The Morgan fingerprint density at radius 1 is 1.30 bits per heavy atom. The van der Waals surface area contributed by atoms with Crippen molar-refractivity contribution in [2.45, 2.75) is 38.6 Å². The molecule has 1 heterocycles. The average Bonchev–Trinajstić information content (AvgIpc) is 3.15. The first-order valence-corrected chi connectivity index (χ1v) is 8.34. The van der Waals surface area contributed by atoms with Gasteiger partial charge >= 0.3 is 0 Å². The molecule has 1 saturated carbocycles. The van der Waals surface area contributed by atoms with E-state index in [4.69, 9.17) is 0 Å². The minimum absolute atomic E-state index is 0.664. The zero-order valence-corrected chi connectivity index (χ0v) is 12.8. The summed E-state index contributed by atoms with van der Waals surface area (Å²) < 4.78 is 0. The Labute approximate surface area is 125 Å². The molecule has 1 N–H and O–H groups in total. The van der Waals surface area contributed by atoms with Gasteiger partial charge in [-0.05, 0) is 56.2 Å². The number of nitrogens with zero attached hydrogens (tertiary/aromatic N) is 1. The van der Waals surface area contributed by atoms with E-state index in [2.05, 4.69) is 41.5 Å². The quantitative estimate of drug-likeness (QED) is 0.841. The SMILES string of the molecule is Cc1ccccc1CC(CNC1CC1)Cc1cncs1. The number of thiazole rings is 1. The van der Waals surface area contributed by atoms with Crippen LogP contribution >= 0.6 is 11.3 Å². The molecule has 0 saturated heterocycles. The van der Waals surface area contributed by atoms with Gasteiger partial charge in [0.05, 0.1) is 5.51 Å². The summed E-state index contributed by atoms with van der Waals surface area (Å²) >= 11 is 1.78. The van der Waals surface area contributed by atoms with Crippen LogP contribution in [-0.4, -0.2) is 17.6 Å². The first-order chi connectivity index (χ1) is 9.81. The normalized spacial score (nSPS) is 16.2. The van der Waals surface area contributed by atoms with Gasteiger partial charge in [-0.1, -0.05) is 24.3 Å². The fourth-order valence-corrected chi connectivity index (χ4v) is 3.33. The number of nitrogens with one attached hydrogen (secondary N) is 1. The second kappa shape index (κ2) is 6.51. The molecule has 0 spiro atoms. The van der Waals surface area contributed by atoms with Crippen molar-refractivity contribution in [1.29, 1.82) is 0 Å². The van der Waals surface area contributed by atoms with Crippen LogP contribution in [0.25, 0.3) is 0 Å². The summed E-state index contributed by atoms with van der Waals surface area (Å²) in [6.45, 7) is 3.34. The Hall–Kier alpha value is -1.19. The molecule has 0 bridgehead atoms. The molecule has 106 valence electrons. The summed E-state index contributed by atoms with van der Waals surface area (Å²) in [7, 11) is 0. The van der Waals surface area contributed by atoms with Gasteiger partial charge in [-0.3, -0.25) is 4.98 Å². The number of hydrogen-bond donors (Lipinski definition) is 1. The summed E-state index contributed by atoms with van der Waals surface area (Å²) in [5, 5.41) is 3.69. The molecule has 1 aromatic carbocycles. The van der Waals surface area contributed by atoms with E-state index in [1.165, 1.54) is 28.8 Å². The van der Waals surface area contributed by atoms with E-state index in [1.807, 2.05) is 11.7 Å². The smallest absolute Gasteiger partial charge is 0.0794 e. The van der Waals surface area contributed by atoms with Gasteiger partial charge < -0.3 is 5.32 Å². The molecule has 1 aromatic heterocycles. The summed E-state index contributed by atoms with van der Waals surface area (Å²) in [4.78, 5) is 5.61. The van der Waals surface area contributed by atoms with Gasteiger partial charge in [0.15, 0.2) is 0 Å². The van der Waals surface area contributed by atoms with E-state index in [0.717, 1.165) is 25.4 Å². The first kappa shape index (κ1) is 13.8. The lowest BCUT2D eigenvalue weighted by molar-refractivity contribution is 0.470. The van der Waals surface area contributed by atoms with E-state index in [9.17, 15) is 0 Å². The van der Waals surface area contributed by atoms with Gasteiger partial charge in [0.2, 0.25) is 0 Å². The summed E-state index contributed by atoms with van der Waals surface area (Å²) in [6.07, 6.45) is 7.03. The molecule has 0 aliphatic heterocycles. The van der Waals surface area contributed by atoms with Gasteiger partial charge in [-0.15, -0.1) is 11.3 Å². The lowest BCUT2D eigenvalue weighted by atomic mass is 9.93. The van der Waals surface area contributed by atoms with Crippen molar-refractivity contribution in [2.75, 3.05) is 6.54 Å². The lowest BCUT2D eigenvalue weighted by Gasteiger charge is -2.18. The molecular weight excluding hydrogens is 264 g/mol. The molecule has 0 radical (unpaired) electrons. The van der Waals surface area contributed by atoms with Crippen LogP contribution in [0.3, 0.4) is 0 Å². The Kier molecular flexibility index (Phi) is 4.48. The predicted octanol–water partition coefficient (Wildman–Crippen LogP) is 3.60. The van der Waals surface area contributed by atoms with Crippen LogP contribution in [0.15, 0.2) is 36.0 Å². The molecule has 1 aliphatic carbocycles. The van der Waals surface area contributed by atoms with Crippen LogP contribution in [0.4, 0.5) is 0 Å². The molecule has 20 heavy (non-hydrogen) atoms. The molecular formula is C17H22N2S. The zero-order chi connectivity index (χ0) is 13.8. The molecule has 1 unspecified atom stereocenters. The van der Waals surface area contributed by atoms with Crippen molar-refractivity contribution >= 4 is 11.3 Å². The number of benzene rings is 1. The summed E-state index contributed by atoms with van der Waals surface area (Å²) in [6, 6.07) is 9.55. The van der Waals surface area contributed by atoms with E-state index in [-0.39, 0.29) is 0 Å². The third-order valence-electron chi connectivity index (χ3n) is 4.02. The average molecular weight is 286 g/mol. The van der Waals surface area contributed by atoms with Crippen molar-refractivity contribution in [3.05, 3.63) is 52.0 Å². The van der Waals surface area contributed by atoms with Crippen LogP contribution < -0.4 is 5.32 Å². The standard InChI is InChI=1S/C17H22N2S/c1-13-4-2-3-5-15(13)8-14(10-19-16-6-7-16)9-17-11-18-12-20-17/h2-5,11-12,14,16,19H,6-10H2,1H3. The van der Waals surface area contributed by atoms with Crippen LogP contribution in [0.1, 0.15) is 28.8 Å². The number of hydrogen-bond acceptors (Lipinski definition) is 3. The Morgan fingerprint density at radius 2 is 2.15 bits per heavy atom. The number of rotatable bonds is 7. The maximum atomic E-state index is 4.21. The third-order valence-corrected chi connectivity index (χ3v) is 4.82. The van der Waals surface area contributed by atoms with Crippen molar-refractivity contribution < 1.29 is 0 Å². The highest BCUT2D eigenvalue weighted by atomic mass is 32.1. The van der Waals surface area contributed by atoms with Gasteiger partial charge in [0, 0.05) is 17.1 Å². The largest absolute Gasteiger partial charge is 0.314 e. The first-order valence-electron chi connectivity index (χ1n) is 7.46. The van der Waals surface area contributed by atoms with Crippen LogP contribution in [-0.2, 0) is 12.8 Å². The number of aryl methyl sites for hydroxylation is 1. The van der Waals surface area contributed by atoms with Crippen LogP contribution in [0.5, 0.6) is 0 Å². The summed E-state index contributed by atoms with van der Waals surface area (Å²) in [5.74, 6) is 0.664. The van der Waals surface area contributed by atoms with E-state index in [1.54, 1.807) is 11.3 Å². The third kappa shape index (κ3) is 3.90. The molecule has 2 aromatic rings. The Morgan fingerprint density at radius 3 is 2.85 bits per heavy atom. The number of aromatic nitrogens is 1. The highest BCUT2D eigenvalue weighted by molar-refractivity contribution is 7.09. The summed E-state index contributed by atoms with van der Waals surface area (Å²) in [5.41, 5.74) is 4.84. The Balaban J connectivity index is 1.65. The fraction of sp³-hybridized carbons (Fsp3) is 0.471. The van der Waals surface area contributed by atoms with E-state index >= 15 is 0 Å². The molecule has 3 rings (SSSR count). The minimum atomic E-state index is 0.664. The maximum absolute atomic E-state index is 4.21. The van der Waals surface area contributed by atoms with Crippen molar-refractivity contribution in [3.63, 3.8) is 0 Å². The lowest BCUT2D eigenvalue weighted by Crippen LogP contribution is -2.27. The van der Waals surface area contributed by atoms with Crippen molar-refractivity contribution in [2.24, 2.45) is 5.92 Å². The second-order valence-corrected chi connectivity index (χ2v) is 6.82. The topological polar surface area (TPSA) is 24.9 Å². The zero-order valence-electron chi connectivity index (χ0n) is 12.0. The van der Waals surface area contributed by atoms with Crippen molar-refractivity contribution in [1.82, 2.24) is 10.3 Å². The molecule has 3 heteroatoms. The van der Waals surface area contributed by atoms with Gasteiger partial charge in [0.1, 0.15) is 0 Å². The monoisotopic (exact) mass is 286 g/mol. The molecule has 1 aliphatic rings. The molecule has 1 fully saturated rings. The molecule has 0 amide bonds. The van der Waals surface area contributed by atoms with Gasteiger partial charge in [-0.2, -0.15) is 0 Å². The van der Waals surface area contributed by atoms with E-state index < -0.39 is 0 Å². The second-order valence-electron chi connectivity index (χ2n) is 5.85. The minimum Gasteiger partial charge on any atom is -0.314 e. The highest BCUT2D eigenvalue weighted by Crippen LogP contribution is 2.22. The molecule has 1 atom stereocenters. The maximum Gasteiger partial charge on any atom is 0.0794 e. The van der Waals surface area contributed by atoms with Gasteiger partial charge in [0.25, 0.3) is 0 Å². The van der Waals surface area contributed by atoms with Gasteiger partial charge in [-0.25, -0.2) is 0 Å². The van der Waals surface area contributed by atoms with E-state index in [0.29, 0.717) is 5.92 Å². The molecule has 2 nitrogen and oxygen atoms in total.